The van der Waals surface area contributed by atoms with Crippen molar-refractivity contribution in [2.45, 2.75) is 39.2 Å². The highest BCUT2D eigenvalue weighted by atomic mass is 32.1. The summed E-state index contributed by atoms with van der Waals surface area (Å²) in [7, 11) is 0. The molecule has 0 aliphatic carbocycles. The Morgan fingerprint density at radius 1 is 1.59 bits per heavy atom. The highest BCUT2D eigenvalue weighted by Gasteiger charge is 2.15. The Bertz CT molecular complexity index is 403. The minimum Gasteiger partial charge on any atom is -0.476 e. The van der Waals surface area contributed by atoms with Crippen molar-refractivity contribution in [1.82, 2.24) is 10.3 Å². The first-order chi connectivity index (χ1) is 8.04. The fourth-order valence-electron chi connectivity index (χ4n) is 1.30. The van der Waals surface area contributed by atoms with Crippen LogP contribution in [0.1, 0.15) is 54.6 Å². The van der Waals surface area contributed by atoms with Crippen molar-refractivity contribution in [2.75, 3.05) is 0 Å². The molecular weight excluding hydrogens is 240 g/mol. The van der Waals surface area contributed by atoms with Gasteiger partial charge < -0.3 is 10.4 Å². The van der Waals surface area contributed by atoms with E-state index in [9.17, 15) is 9.59 Å². The molecule has 1 unspecified atom stereocenters. The third kappa shape index (κ3) is 4.14. The van der Waals surface area contributed by atoms with E-state index in [1.54, 1.807) is 6.92 Å². The van der Waals surface area contributed by atoms with E-state index >= 15 is 0 Å². The van der Waals surface area contributed by atoms with Crippen molar-refractivity contribution in [3.8, 4) is 0 Å². The quantitative estimate of drug-likeness (QED) is 0.817. The molecule has 2 N–H and O–H groups in total. The van der Waals surface area contributed by atoms with Crippen LogP contribution in [0.15, 0.2) is 5.38 Å². The summed E-state index contributed by atoms with van der Waals surface area (Å²) < 4.78 is 0. The second kappa shape index (κ2) is 6.34. The Morgan fingerprint density at radius 2 is 2.29 bits per heavy atom. The molecule has 1 heterocycles. The molecule has 1 aromatic rings. The number of rotatable bonds is 6. The number of aromatic carboxylic acids is 1. The van der Waals surface area contributed by atoms with Gasteiger partial charge in [0.15, 0.2) is 5.69 Å². The van der Waals surface area contributed by atoms with Crippen LogP contribution < -0.4 is 5.32 Å². The molecule has 0 spiro atoms. The summed E-state index contributed by atoms with van der Waals surface area (Å²) in [4.78, 5) is 26.1. The number of carbonyl (C=O) groups excluding carboxylic acids is 1. The number of amides is 1. The number of thiazole rings is 1. The zero-order valence-electron chi connectivity index (χ0n) is 9.90. The first kappa shape index (κ1) is 13.6. The van der Waals surface area contributed by atoms with E-state index < -0.39 is 5.97 Å². The molecule has 0 bridgehead atoms. The lowest BCUT2D eigenvalue weighted by Crippen LogP contribution is -2.26. The first-order valence-corrected chi connectivity index (χ1v) is 6.40. The maximum absolute atomic E-state index is 11.5. The molecule has 1 atom stereocenters. The van der Waals surface area contributed by atoms with E-state index in [4.69, 9.17) is 5.11 Å². The lowest BCUT2D eigenvalue weighted by atomic mass is 10.2. The third-order valence-electron chi connectivity index (χ3n) is 2.25. The number of hydrogen-bond donors (Lipinski definition) is 2. The normalized spacial score (nSPS) is 12.1. The lowest BCUT2D eigenvalue weighted by Gasteiger charge is -2.10. The fraction of sp³-hybridized carbons (Fsp3) is 0.545. The van der Waals surface area contributed by atoms with E-state index in [0.717, 1.165) is 12.8 Å². The number of hydrogen-bond acceptors (Lipinski definition) is 4. The van der Waals surface area contributed by atoms with Gasteiger partial charge in [0.1, 0.15) is 5.01 Å². The molecule has 6 heteroatoms. The zero-order chi connectivity index (χ0) is 12.8. The molecule has 1 rings (SSSR count). The van der Waals surface area contributed by atoms with Crippen LogP contribution in [-0.2, 0) is 4.79 Å². The molecule has 5 nitrogen and oxygen atoms in total. The van der Waals surface area contributed by atoms with Crippen LogP contribution >= 0.6 is 11.3 Å². The molecule has 94 valence electrons. The summed E-state index contributed by atoms with van der Waals surface area (Å²) in [5.74, 6) is -1.07. The SMILES string of the molecule is CCCCC(=O)NC(C)c1nc(C(=O)O)cs1. The number of carboxylic acid groups (broad SMARTS) is 1. The van der Waals surface area contributed by atoms with E-state index in [-0.39, 0.29) is 17.6 Å². The van der Waals surface area contributed by atoms with Gasteiger partial charge >= 0.3 is 5.97 Å². The summed E-state index contributed by atoms with van der Waals surface area (Å²) in [5, 5.41) is 13.6. The van der Waals surface area contributed by atoms with Gasteiger partial charge in [-0.1, -0.05) is 13.3 Å². The minimum atomic E-state index is -1.04. The van der Waals surface area contributed by atoms with Crippen molar-refractivity contribution >= 4 is 23.2 Å². The predicted octanol–water partition coefficient (Wildman–Crippen LogP) is 2.21. The summed E-state index contributed by atoms with van der Waals surface area (Å²) in [6.45, 7) is 3.82. The molecule has 17 heavy (non-hydrogen) atoms. The molecule has 0 saturated carbocycles. The van der Waals surface area contributed by atoms with E-state index in [0.29, 0.717) is 11.4 Å². The molecule has 1 amide bonds. The van der Waals surface area contributed by atoms with Gasteiger partial charge in [-0.15, -0.1) is 11.3 Å². The van der Waals surface area contributed by atoms with Gasteiger partial charge in [-0.25, -0.2) is 9.78 Å². The fourth-order valence-corrected chi connectivity index (χ4v) is 2.10. The van der Waals surface area contributed by atoms with Gasteiger partial charge in [0.2, 0.25) is 5.91 Å². The van der Waals surface area contributed by atoms with Crippen LogP contribution in [0.5, 0.6) is 0 Å². The average Bonchev–Trinajstić information content (AvgIpc) is 2.75. The highest BCUT2D eigenvalue weighted by molar-refractivity contribution is 7.09. The number of nitrogens with one attached hydrogen (secondary N) is 1. The Hall–Kier alpha value is -1.43. The van der Waals surface area contributed by atoms with Crippen molar-refractivity contribution < 1.29 is 14.7 Å². The van der Waals surface area contributed by atoms with Crippen molar-refractivity contribution in [2.24, 2.45) is 0 Å². The Labute approximate surface area is 104 Å². The standard InChI is InChI=1S/C11H16N2O3S/c1-3-4-5-9(14)12-7(2)10-13-8(6-17-10)11(15)16/h6-7H,3-5H2,1-2H3,(H,12,14)(H,15,16). The largest absolute Gasteiger partial charge is 0.476 e. The molecule has 0 radical (unpaired) electrons. The summed E-state index contributed by atoms with van der Waals surface area (Å²) in [6, 6.07) is -0.238. The lowest BCUT2D eigenvalue weighted by molar-refractivity contribution is -0.121. The van der Waals surface area contributed by atoms with E-state index in [1.165, 1.54) is 16.7 Å². The van der Waals surface area contributed by atoms with Crippen molar-refractivity contribution in [3.63, 3.8) is 0 Å². The monoisotopic (exact) mass is 256 g/mol. The van der Waals surface area contributed by atoms with Gasteiger partial charge in [0, 0.05) is 11.8 Å². The third-order valence-corrected chi connectivity index (χ3v) is 3.27. The van der Waals surface area contributed by atoms with Crippen molar-refractivity contribution in [1.29, 1.82) is 0 Å². The van der Waals surface area contributed by atoms with Crippen LogP contribution in [0.4, 0.5) is 0 Å². The molecule has 0 aromatic carbocycles. The van der Waals surface area contributed by atoms with Gasteiger partial charge in [-0.3, -0.25) is 4.79 Å². The van der Waals surface area contributed by atoms with Crippen LogP contribution in [0, 0.1) is 0 Å². The first-order valence-electron chi connectivity index (χ1n) is 5.52. The molecule has 0 aliphatic rings. The number of nitrogens with zero attached hydrogens (tertiary/aromatic N) is 1. The summed E-state index contributed by atoms with van der Waals surface area (Å²) >= 11 is 1.25. The van der Waals surface area contributed by atoms with Crippen LogP contribution in [0.25, 0.3) is 0 Å². The van der Waals surface area contributed by atoms with Gasteiger partial charge in [0.25, 0.3) is 0 Å². The highest BCUT2D eigenvalue weighted by Crippen LogP contribution is 2.18. The van der Waals surface area contributed by atoms with E-state index in [2.05, 4.69) is 10.3 Å². The second-order valence-electron chi connectivity index (χ2n) is 3.77. The maximum atomic E-state index is 11.5. The molecule has 1 aromatic heterocycles. The Morgan fingerprint density at radius 3 is 2.82 bits per heavy atom. The Balaban J connectivity index is 2.54. The number of carboxylic acids is 1. The van der Waals surface area contributed by atoms with Gasteiger partial charge in [-0.2, -0.15) is 0 Å². The second-order valence-corrected chi connectivity index (χ2v) is 4.66. The van der Waals surface area contributed by atoms with Gasteiger partial charge in [0.05, 0.1) is 6.04 Å². The number of aromatic nitrogens is 1. The molecular formula is C11H16N2O3S. The summed E-state index contributed by atoms with van der Waals surface area (Å²) in [5.41, 5.74) is 0.0275. The molecule has 0 aliphatic heterocycles. The van der Waals surface area contributed by atoms with Crippen molar-refractivity contribution in [3.05, 3.63) is 16.1 Å². The Kier molecular flexibility index (Phi) is 5.09. The smallest absolute Gasteiger partial charge is 0.355 e. The molecule has 0 saturated heterocycles. The van der Waals surface area contributed by atoms with E-state index in [1.807, 2.05) is 6.92 Å². The minimum absolute atomic E-state index is 0.0218. The van der Waals surface area contributed by atoms with Crippen LogP contribution in [-0.4, -0.2) is 22.0 Å². The van der Waals surface area contributed by atoms with Crippen LogP contribution in [0.3, 0.4) is 0 Å². The predicted molar refractivity (Wildman–Crippen MR) is 65.2 cm³/mol. The number of unbranched alkanes of at least 4 members (excludes halogenated alkanes) is 1. The van der Waals surface area contributed by atoms with Crippen LogP contribution in [0.2, 0.25) is 0 Å². The number of carbonyl (C=O) groups is 2. The maximum Gasteiger partial charge on any atom is 0.355 e. The van der Waals surface area contributed by atoms with Gasteiger partial charge in [-0.05, 0) is 13.3 Å². The molecule has 0 fully saturated rings. The average molecular weight is 256 g/mol. The summed E-state index contributed by atoms with van der Waals surface area (Å²) in [6.07, 6.45) is 2.33. The zero-order valence-corrected chi connectivity index (χ0v) is 10.7. The topological polar surface area (TPSA) is 79.3 Å².